The summed E-state index contributed by atoms with van der Waals surface area (Å²) in [6, 6.07) is 26.7. The summed E-state index contributed by atoms with van der Waals surface area (Å²) in [6.07, 6.45) is 6.57. The molecule has 2 aliphatic carbocycles. The predicted molar refractivity (Wildman–Crippen MR) is 125 cm³/mol. The Kier molecular flexibility index (Phi) is 8.11. The quantitative estimate of drug-likeness (QED) is 0.262. The number of rotatable bonds is 1. The van der Waals surface area contributed by atoms with Crippen molar-refractivity contribution in [3.05, 3.63) is 118 Å². The van der Waals surface area contributed by atoms with Gasteiger partial charge in [0, 0.05) is 0 Å². The molecule has 0 nitrogen and oxygen atoms in total. The maximum atomic E-state index is 3.30. The SMILES string of the molecule is CC1=[C-]C(C)C=C1C.Cc1ccc([CH]=[Zr+2])cc1.[c-]1cccc2c1Cc1ccccc1-2. The summed E-state index contributed by atoms with van der Waals surface area (Å²) in [5, 5.41) is 0. The molecule has 0 bridgehead atoms. The zero-order valence-corrected chi connectivity index (χ0v) is 20.7. The molecule has 0 N–H and O–H groups in total. The van der Waals surface area contributed by atoms with Crippen LogP contribution in [0.15, 0.2) is 84.0 Å². The van der Waals surface area contributed by atoms with Gasteiger partial charge in [-0.2, -0.15) is 35.9 Å². The molecule has 148 valence electrons. The molecule has 0 radical (unpaired) electrons. The van der Waals surface area contributed by atoms with Crippen molar-refractivity contribution in [2.45, 2.75) is 34.1 Å². The first-order chi connectivity index (χ1) is 14.5. The molecule has 0 aliphatic heterocycles. The molecule has 3 aromatic rings. The van der Waals surface area contributed by atoms with E-state index in [0.29, 0.717) is 5.92 Å². The fourth-order valence-electron chi connectivity index (χ4n) is 3.66. The summed E-state index contributed by atoms with van der Waals surface area (Å²) >= 11 is 1.47. The summed E-state index contributed by atoms with van der Waals surface area (Å²) in [5.41, 5.74) is 10.9. The van der Waals surface area contributed by atoms with Gasteiger partial charge in [-0.1, -0.05) is 55.2 Å². The van der Waals surface area contributed by atoms with Crippen LogP contribution < -0.4 is 0 Å². The van der Waals surface area contributed by atoms with Crippen LogP contribution in [0.5, 0.6) is 0 Å². The van der Waals surface area contributed by atoms with Gasteiger partial charge in [0.15, 0.2) is 0 Å². The van der Waals surface area contributed by atoms with Crippen LogP contribution in [-0.4, -0.2) is 3.71 Å². The molecule has 3 aromatic carbocycles. The van der Waals surface area contributed by atoms with Crippen LogP contribution in [0.4, 0.5) is 0 Å². The van der Waals surface area contributed by atoms with E-state index in [1.807, 2.05) is 6.07 Å². The van der Waals surface area contributed by atoms with E-state index in [0.717, 1.165) is 6.42 Å². The van der Waals surface area contributed by atoms with Crippen molar-refractivity contribution in [3.63, 3.8) is 0 Å². The molecule has 1 atom stereocenters. The molecule has 0 saturated carbocycles. The number of benzene rings is 3. The van der Waals surface area contributed by atoms with E-state index >= 15 is 0 Å². The van der Waals surface area contributed by atoms with E-state index in [9.17, 15) is 0 Å². The Morgan fingerprint density at radius 1 is 0.900 bits per heavy atom. The second-order valence-electron chi connectivity index (χ2n) is 7.86. The molecule has 0 aromatic heterocycles. The van der Waals surface area contributed by atoms with Gasteiger partial charge in [0.25, 0.3) is 0 Å². The molecule has 30 heavy (non-hydrogen) atoms. The van der Waals surface area contributed by atoms with Gasteiger partial charge in [0.1, 0.15) is 0 Å². The average molecular weight is 468 g/mol. The van der Waals surface area contributed by atoms with Crippen LogP contribution in [0.1, 0.15) is 43.0 Å². The van der Waals surface area contributed by atoms with Crippen molar-refractivity contribution >= 4 is 3.71 Å². The Labute approximate surface area is 196 Å². The summed E-state index contributed by atoms with van der Waals surface area (Å²) in [7, 11) is 0. The van der Waals surface area contributed by atoms with Gasteiger partial charge in [-0.3, -0.25) is 6.08 Å². The first-order valence-electron chi connectivity index (χ1n) is 10.4. The molecular formula is C29H28Zr. The van der Waals surface area contributed by atoms with Gasteiger partial charge in [-0.05, 0) is 6.42 Å². The zero-order valence-electron chi connectivity index (χ0n) is 18.3. The number of allylic oxidation sites excluding steroid dienone is 4. The maximum absolute atomic E-state index is 3.30. The van der Waals surface area contributed by atoms with Gasteiger partial charge in [-0.15, -0.1) is 12.5 Å². The second-order valence-corrected chi connectivity index (χ2v) is 8.57. The van der Waals surface area contributed by atoms with E-state index in [4.69, 9.17) is 0 Å². The molecular weight excluding hydrogens is 440 g/mol. The van der Waals surface area contributed by atoms with Gasteiger partial charge < -0.3 is 0 Å². The van der Waals surface area contributed by atoms with Gasteiger partial charge in [0.2, 0.25) is 0 Å². The van der Waals surface area contributed by atoms with Crippen molar-refractivity contribution in [1.82, 2.24) is 0 Å². The topological polar surface area (TPSA) is 0 Å². The van der Waals surface area contributed by atoms with Crippen molar-refractivity contribution in [3.8, 4) is 11.1 Å². The third-order valence-electron chi connectivity index (χ3n) is 5.40. The molecule has 2 aliphatic rings. The molecule has 0 amide bonds. The van der Waals surface area contributed by atoms with E-state index in [2.05, 4.69) is 110 Å². The Morgan fingerprint density at radius 2 is 1.60 bits per heavy atom. The maximum Gasteiger partial charge on any atom is -0.0253 e. The van der Waals surface area contributed by atoms with E-state index < -0.39 is 0 Å². The van der Waals surface area contributed by atoms with E-state index in [1.54, 1.807) is 0 Å². The van der Waals surface area contributed by atoms with Crippen molar-refractivity contribution in [1.29, 1.82) is 0 Å². The van der Waals surface area contributed by atoms with Crippen molar-refractivity contribution in [2.24, 2.45) is 5.92 Å². The molecule has 1 unspecified atom stereocenters. The second kappa shape index (κ2) is 10.8. The van der Waals surface area contributed by atoms with Gasteiger partial charge >= 0.3 is 70.3 Å². The van der Waals surface area contributed by atoms with Crippen molar-refractivity contribution < 1.29 is 24.2 Å². The summed E-state index contributed by atoms with van der Waals surface area (Å²) in [6.45, 7) is 8.49. The first kappa shape index (κ1) is 22.6. The molecule has 0 spiro atoms. The largest absolute Gasteiger partial charge is 0.179 e. The van der Waals surface area contributed by atoms with Crippen molar-refractivity contribution in [2.75, 3.05) is 0 Å². The minimum atomic E-state index is 0.551. The average Bonchev–Trinajstić information content (AvgIpc) is 3.28. The molecule has 0 fully saturated rings. The Hall–Kier alpha value is -2.11. The van der Waals surface area contributed by atoms with Gasteiger partial charge in [0.05, 0.1) is 0 Å². The monoisotopic (exact) mass is 466 g/mol. The van der Waals surface area contributed by atoms with Crippen LogP contribution in [0, 0.1) is 25.0 Å². The van der Waals surface area contributed by atoms with E-state index in [-0.39, 0.29) is 0 Å². The predicted octanol–water partition coefficient (Wildman–Crippen LogP) is 7.08. The Morgan fingerprint density at radius 3 is 2.20 bits per heavy atom. The summed E-state index contributed by atoms with van der Waals surface area (Å²) in [4.78, 5) is 0. The Bertz CT molecular complexity index is 1010. The van der Waals surface area contributed by atoms with Crippen LogP contribution >= 0.6 is 0 Å². The van der Waals surface area contributed by atoms with Gasteiger partial charge in [-0.25, -0.2) is 11.1 Å². The fourth-order valence-corrected chi connectivity index (χ4v) is 4.13. The normalized spacial score (nSPS) is 15.5. The van der Waals surface area contributed by atoms with Crippen LogP contribution in [0.25, 0.3) is 11.1 Å². The summed E-state index contributed by atoms with van der Waals surface area (Å²) < 4.78 is 2.19. The summed E-state index contributed by atoms with van der Waals surface area (Å²) in [5.74, 6) is 0.551. The number of aryl methyl sites for hydroxylation is 1. The third-order valence-corrected chi connectivity index (χ3v) is 6.22. The zero-order chi connectivity index (χ0) is 21.5. The van der Waals surface area contributed by atoms with Crippen LogP contribution in [0.3, 0.4) is 0 Å². The third kappa shape index (κ3) is 5.96. The Balaban J connectivity index is 0.000000134. The molecule has 0 saturated heterocycles. The molecule has 0 heterocycles. The smallest absolute Gasteiger partial charge is 0.0253 e. The first-order valence-corrected chi connectivity index (χ1v) is 11.8. The van der Waals surface area contributed by atoms with Crippen LogP contribution in [0.2, 0.25) is 0 Å². The number of hydrogen-bond donors (Lipinski definition) is 0. The van der Waals surface area contributed by atoms with E-state index in [1.165, 1.54) is 68.8 Å². The minimum Gasteiger partial charge on any atom is -0.179 e. The molecule has 5 rings (SSSR count). The fraction of sp³-hybridized carbons (Fsp3) is 0.207. The van der Waals surface area contributed by atoms with Crippen LogP contribution in [-0.2, 0) is 30.7 Å². The standard InChI is InChI=1S/C13H9.C8H11.C8H8.Zr/c1-3-7-12-10(5-1)9-11-6-2-4-8-13(11)12;1-6-4-7(2)8(3)5-6;1-7-3-5-8(2)6-4-7;/h1-5,7-8H,9H2;4,6H,1-3H3;1,3-6H,2H3;/q2*-1;;+2. The molecule has 1 heteroatoms. The number of fused-ring (bicyclic) bond motifs is 3. The number of hydrogen-bond acceptors (Lipinski definition) is 0. The minimum absolute atomic E-state index is 0.551.